The Kier molecular flexibility index (Phi) is 6.58. The molecule has 0 spiro atoms. The van der Waals surface area contributed by atoms with Crippen molar-refractivity contribution in [2.75, 3.05) is 0 Å². The van der Waals surface area contributed by atoms with Crippen molar-refractivity contribution in [1.29, 1.82) is 0 Å². The van der Waals surface area contributed by atoms with Gasteiger partial charge in [0, 0.05) is 23.1 Å². The minimum atomic E-state index is -1.23. The second-order valence-electron chi connectivity index (χ2n) is 9.06. The zero-order valence-corrected chi connectivity index (χ0v) is 21.7. The fraction of sp³-hybridized carbons (Fsp3) is 0.138. The third-order valence-electron chi connectivity index (χ3n) is 6.44. The lowest BCUT2D eigenvalue weighted by molar-refractivity contribution is 0.0693. The fourth-order valence-electron chi connectivity index (χ4n) is 4.38. The van der Waals surface area contributed by atoms with Gasteiger partial charge in [0.15, 0.2) is 11.6 Å². The Labute approximate surface area is 231 Å². The lowest BCUT2D eigenvalue weighted by Crippen LogP contribution is -2.02. The Morgan fingerprint density at radius 1 is 1.08 bits per heavy atom. The number of aromatic carboxylic acids is 1. The maximum atomic E-state index is 14.8. The zero-order chi connectivity index (χ0) is 27.1. The molecule has 7 nitrogen and oxygen atoms in total. The molecule has 0 saturated heterocycles. The van der Waals surface area contributed by atoms with Crippen molar-refractivity contribution in [3.05, 3.63) is 99.6 Å². The van der Waals surface area contributed by atoms with E-state index in [1.165, 1.54) is 24.4 Å². The van der Waals surface area contributed by atoms with E-state index in [0.29, 0.717) is 37.8 Å². The second-order valence-corrected chi connectivity index (χ2v) is 9.87. The van der Waals surface area contributed by atoms with E-state index in [1.54, 1.807) is 42.5 Å². The van der Waals surface area contributed by atoms with Crippen LogP contribution in [0.1, 0.15) is 40.4 Å². The van der Waals surface area contributed by atoms with Crippen molar-refractivity contribution >= 4 is 39.9 Å². The Morgan fingerprint density at radius 3 is 2.62 bits per heavy atom. The first-order chi connectivity index (χ1) is 18.9. The lowest BCUT2D eigenvalue weighted by Gasteiger charge is -2.13. The number of hydrogen-bond acceptors (Lipinski definition) is 6. The molecule has 5 aromatic rings. The van der Waals surface area contributed by atoms with E-state index in [2.05, 4.69) is 10.1 Å². The molecule has 10 heteroatoms. The molecule has 0 bridgehead atoms. The van der Waals surface area contributed by atoms with Crippen LogP contribution >= 0.6 is 23.2 Å². The van der Waals surface area contributed by atoms with Gasteiger partial charge in [-0.25, -0.2) is 14.2 Å². The first kappa shape index (κ1) is 25.2. The Balaban J connectivity index is 1.31. The highest BCUT2D eigenvalue weighted by Gasteiger charge is 2.33. The highest BCUT2D eigenvalue weighted by Crippen LogP contribution is 2.46. The van der Waals surface area contributed by atoms with Gasteiger partial charge in [0.2, 0.25) is 5.88 Å². The number of carbonyl (C=O) groups is 1. The molecule has 1 saturated carbocycles. The number of aromatic nitrogens is 2. The first-order valence-electron chi connectivity index (χ1n) is 12.0. The van der Waals surface area contributed by atoms with Crippen molar-refractivity contribution in [3.63, 3.8) is 0 Å². The van der Waals surface area contributed by atoms with Gasteiger partial charge in [-0.3, -0.25) is 0 Å². The molecular weight excluding hydrogens is 546 g/mol. The summed E-state index contributed by atoms with van der Waals surface area (Å²) in [7, 11) is 0. The lowest BCUT2D eigenvalue weighted by atomic mass is 10.0. The van der Waals surface area contributed by atoms with Gasteiger partial charge < -0.3 is 19.1 Å². The summed E-state index contributed by atoms with van der Waals surface area (Å²) in [6.07, 6.45) is 3.38. The molecule has 0 atom stereocenters. The van der Waals surface area contributed by atoms with E-state index < -0.39 is 11.8 Å². The molecule has 0 unspecified atom stereocenters. The third kappa shape index (κ3) is 4.89. The van der Waals surface area contributed by atoms with Crippen LogP contribution in [0.3, 0.4) is 0 Å². The smallest absolute Gasteiger partial charge is 0.341 e. The molecule has 1 aliphatic carbocycles. The molecule has 0 amide bonds. The molecule has 39 heavy (non-hydrogen) atoms. The summed E-state index contributed by atoms with van der Waals surface area (Å²) in [5, 5.41) is 15.7. The van der Waals surface area contributed by atoms with Gasteiger partial charge in [-0.15, -0.1) is 0 Å². The van der Waals surface area contributed by atoms with Gasteiger partial charge in [0.25, 0.3) is 0 Å². The maximum Gasteiger partial charge on any atom is 0.341 e. The molecule has 6 rings (SSSR count). The number of carboxylic acid groups (broad SMARTS) is 1. The quantitative estimate of drug-likeness (QED) is 0.202. The zero-order valence-electron chi connectivity index (χ0n) is 20.2. The van der Waals surface area contributed by atoms with Crippen molar-refractivity contribution < 1.29 is 28.3 Å². The van der Waals surface area contributed by atoms with Gasteiger partial charge in [-0.2, -0.15) is 0 Å². The van der Waals surface area contributed by atoms with Crippen LogP contribution < -0.4 is 9.47 Å². The summed E-state index contributed by atoms with van der Waals surface area (Å²) in [6.45, 7) is 0.151. The van der Waals surface area contributed by atoms with Crippen LogP contribution in [0.2, 0.25) is 10.0 Å². The van der Waals surface area contributed by atoms with Crippen molar-refractivity contribution in [1.82, 2.24) is 10.1 Å². The molecule has 3 aromatic carbocycles. The Bertz CT molecular complexity index is 1710. The largest absolute Gasteiger partial charge is 0.489 e. The Hall–Kier alpha value is -4.14. The van der Waals surface area contributed by atoms with Gasteiger partial charge >= 0.3 is 5.97 Å². The average molecular weight is 565 g/mol. The number of hydrogen-bond donors (Lipinski definition) is 1. The number of nitrogens with zero attached hydrogens (tertiary/aromatic N) is 2. The number of carboxylic acids is 1. The standard InChI is InChI=1S/C29H19Cl2FN2O5/c30-21-4-1-5-22(31)24(21)25-20(26(39-34-25)15-6-7-15)14-37-17-9-10-18-16(13-17)8-11-23(32)27(18)38-28-19(29(35)36)3-2-12-33-28/h1-5,8-13,15H,6-7,14H2,(H,35,36). The number of ether oxygens (including phenoxy) is 2. The number of fused-ring (bicyclic) bond motifs is 1. The average Bonchev–Trinajstić information content (AvgIpc) is 3.69. The topological polar surface area (TPSA) is 94.7 Å². The van der Waals surface area contributed by atoms with Crippen molar-refractivity contribution in [3.8, 4) is 28.6 Å². The Morgan fingerprint density at radius 2 is 1.87 bits per heavy atom. The van der Waals surface area contributed by atoms with E-state index in [4.69, 9.17) is 37.2 Å². The fourth-order valence-corrected chi connectivity index (χ4v) is 4.96. The third-order valence-corrected chi connectivity index (χ3v) is 7.07. The molecule has 1 aliphatic rings. The predicted molar refractivity (Wildman–Crippen MR) is 143 cm³/mol. The number of rotatable bonds is 8. The van der Waals surface area contributed by atoms with E-state index in [0.717, 1.165) is 24.2 Å². The molecule has 2 aromatic heterocycles. The van der Waals surface area contributed by atoms with Crippen LogP contribution in [0.4, 0.5) is 4.39 Å². The van der Waals surface area contributed by atoms with Crippen LogP contribution in [0.15, 0.2) is 71.4 Å². The minimum Gasteiger partial charge on any atom is -0.489 e. The minimum absolute atomic E-state index is 0.133. The monoisotopic (exact) mass is 564 g/mol. The van der Waals surface area contributed by atoms with Gasteiger partial charge in [0.1, 0.15) is 29.4 Å². The van der Waals surface area contributed by atoms with Crippen LogP contribution in [-0.4, -0.2) is 21.2 Å². The maximum absolute atomic E-state index is 14.8. The second kappa shape index (κ2) is 10.2. The highest BCUT2D eigenvalue weighted by molar-refractivity contribution is 6.39. The summed E-state index contributed by atoms with van der Waals surface area (Å²) in [5.74, 6) is -0.683. The van der Waals surface area contributed by atoms with Gasteiger partial charge in [0.05, 0.1) is 15.6 Å². The summed E-state index contributed by atoms with van der Waals surface area (Å²) in [4.78, 5) is 15.5. The molecule has 196 valence electrons. The number of pyridine rings is 1. The number of benzene rings is 3. The molecule has 2 heterocycles. The van der Waals surface area contributed by atoms with E-state index >= 15 is 0 Å². The normalized spacial score (nSPS) is 13.0. The van der Waals surface area contributed by atoms with Crippen LogP contribution in [-0.2, 0) is 6.61 Å². The molecule has 1 N–H and O–H groups in total. The summed E-state index contributed by atoms with van der Waals surface area (Å²) in [6, 6.07) is 15.9. The summed E-state index contributed by atoms with van der Waals surface area (Å²) < 4.78 is 32.3. The highest BCUT2D eigenvalue weighted by atomic mass is 35.5. The van der Waals surface area contributed by atoms with Crippen LogP contribution in [0, 0.1) is 5.82 Å². The summed E-state index contributed by atoms with van der Waals surface area (Å²) >= 11 is 12.9. The van der Waals surface area contributed by atoms with Crippen LogP contribution in [0.25, 0.3) is 22.0 Å². The number of halogens is 3. The van der Waals surface area contributed by atoms with E-state index in [-0.39, 0.29) is 29.7 Å². The van der Waals surface area contributed by atoms with Gasteiger partial charge in [-0.05, 0) is 66.8 Å². The van der Waals surface area contributed by atoms with E-state index in [9.17, 15) is 14.3 Å². The molecule has 0 radical (unpaired) electrons. The first-order valence-corrected chi connectivity index (χ1v) is 12.8. The predicted octanol–water partition coefficient (Wildman–Crippen LogP) is 8.28. The molecule has 1 fully saturated rings. The van der Waals surface area contributed by atoms with E-state index in [1.807, 2.05) is 0 Å². The molecular formula is C29H19Cl2FN2O5. The van der Waals surface area contributed by atoms with Crippen molar-refractivity contribution in [2.24, 2.45) is 0 Å². The summed E-state index contributed by atoms with van der Waals surface area (Å²) in [5.41, 5.74) is 1.72. The SMILES string of the molecule is O=C(O)c1cccnc1Oc1c(F)ccc2cc(OCc3c(-c4c(Cl)cccc4Cl)noc3C3CC3)ccc12. The molecule has 0 aliphatic heterocycles. The van der Waals surface area contributed by atoms with Crippen LogP contribution in [0.5, 0.6) is 17.4 Å². The van der Waals surface area contributed by atoms with Crippen molar-refractivity contribution in [2.45, 2.75) is 25.4 Å². The van der Waals surface area contributed by atoms with Gasteiger partial charge in [-0.1, -0.05) is 40.5 Å².